The Bertz CT molecular complexity index is 1240. The Kier molecular flexibility index (Phi) is 8.21. The van der Waals surface area contributed by atoms with Crippen LogP contribution < -0.4 is 9.47 Å². The molecule has 0 unspecified atom stereocenters. The number of methoxy groups -OCH3 is 1. The molecule has 0 saturated carbocycles. The van der Waals surface area contributed by atoms with Crippen LogP contribution in [-0.4, -0.2) is 54.5 Å². The third kappa shape index (κ3) is 5.68. The number of ether oxygens (including phenoxy) is 2. The summed E-state index contributed by atoms with van der Waals surface area (Å²) in [6.07, 6.45) is 0.792. The molecule has 0 aliphatic carbocycles. The van der Waals surface area contributed by atoms with Gasteiger partial charge in [0.05, 0.1) is 13.2 Å². The second-order valence-corrected chi connectivity index (χ2v) is 10.5. The molecule has 0 radical (unpaired) electrons. The Balaban J connectivity index is 1.53. The zero-order valence-corrected chi connectivity index (χ0v) is 22.6. The van der Waals surface area contributed by atoms with Gasteiger partial charge in [-0.1, -0.05) is 17.7 Å². The summed E-state index contributed by atoms with van der Waals surface area (Å²) in [7, 11) is 1.57. The topological polar surface area (TPSA) is 59.1 Å². The van der Waals surface area contributed by atoms with E-state index in [4.69, 9.17) is 21.1 Å². The van der Waals surface area contributed by atoms with Crippen molar-refractivity contribution in [2.75, 3.05) is 26.8 Å². The fourth-order valence-corrected chi connectivity index (χ4v) is 5.45. The largest absolute Gasteiger partial charge is 0.497 e. The summed E-state index contributed by atoms with van der Waals surface area (Å²) < 4.78 is 11.4. The second kappa shape index (κ2) is 11.4. The molecule has 0 fully saturated rings. The van der Waals surface area contributed by atoms with Crippen molar-refractivity contribution in [1.29, 1.82) is 0 Å². The van der Waals surface area contributed by atoms with Crippen LogP contribution in [0.2, 0.25) is 5.02 Å². The van der Waals surface area contributed by atoms with E-state index in [-0.39, 0.29) is 30.4 Å². The summed E-state index contributed by atoms with van der Waals surface area (Å²) in [4.78, 5) is 31.7. The zero-order valence-electron chi connectivity index (χ0n) is 21.0. The van der Waals surface area contributed by atoms with Crippen molar-refractivity contribution in [3.05, 3.63) is 80.5 Å². The van der Waals surface area contributed by atoms with E-state index >= 15 is 0 Å². The number of halogens is 1. The van der Waals surface area contributed by atoms with Crippen molar-refractivity contribution in [3.8, 4) is 11.5 Å². The van der Waals surface area contributed by atoms with Crippen LogP contribution in [-0.2, 0) is 11.2 Å². The predicted molar refractivity (Wildman–Crippen MR) is 143 cm³/mol. The van der Waals surface area contributed by atoms with E-state index in [0.29, 0.717) is 35.2 Å². The van der Waals surface area contributed by atoms with Crippen LogP contribution in [0, 0.1) is 6.92 Å². The van der Waals surface area contributed by atoms with Crippen LogP contribution >= 0.6 is 22.9 Å². The number of fused-ring (bicyclic) bond motifs is 1. The number of nitrogens with zero attached hydrogens (tertiary/aromatic N) is 2. The van der Waals surface area contributed by atoms with Gasteiger partial charge in [0.1, 0.15) is 24.7 Å². The van der Waals surface area contributed by atoms with E-state index in [2.05, 4.69) is 11.4 Å². The van der Waals surface area contributed by atoms with Gasteiger partial charge in [-0.25, -0.2) is 0 Å². The Morgan fingerprint density at radius 1 is 1.17 bits per heavy atom. The molecule has 6 nitrogen and oxygen atoms in total. The number of rotatable bonds is 8. The van der Waals surface area contributed by atoms with Gasteiger partial charge in [0.2, 0.25) is 5.91 Å². The van der Waals surface area contributed by atoms with Gasteiger partial charge in [-0.15, -0.1) is 11.3 Å². The standard InChI is InChI=1S/C28H31ClN2O4S/c1-18(2)31(28(33)20-6-5-7-21(15-20)34-4)16-27(32)30-12-10-26-23(11-13-36-26)25(30)17-35-22-8-9-24(29)19(3)14-22/h5-9,11,13-15,18,25H,10,12,16-17H2,1-4H3/t25-/m1/s1. The van der Waals surface area contributed by atoms with Crippen LogP contribution in [0.25, 0.3) is 0 Å². The first-order valence-electron chi connectivity index (χ1n) is 12.0. The highest BCUT2D eigenvalue weighted by Gasteiger charge is 2.34. The van der Waals surface area contributed by atoms with Gasteiger partial charge in [0.25, 0.3) is 5.91 Å². The molecule has 0 N–H and O–H groups in total. The van der Waals surface area contributed by atoms with Crippen molar-refractivity contribution in [3.63, 3.8) is 0 Å². The first-order chi connectivity index (χ1) is 17.3. The Morgan fingerprint density at radius 3 is 2.69 bits per heavy atom. The number of carbonyl (C=O) groups is 2. The quantitative estimate of drug-likeness (QED) is 0.373. The zero-order chi connectivity index (χ0) is 25.8. The molecule has 3 aromatic rings. The fraction of sp³-hybridized carbons (Fsp3) is 0.357. The molecule has 1 atom stereocenters. The predicted octanol–water partition coefficient (Wildman–Crippen LogP) is 5.77. The molecule has 36 heavy (non-hydrogen) atoms. The maximum Gasteiger partial charge on any atom is 0.254 e. The Labute approximate surface area is 221 Å². The molecule has 2 amide bonds. The van der Waals surface area contributed by atoms with Crippen LogP contribution in [0.3, 0.4) is 0 Å². The average Bonchev–Trinajstić information content (AvgIpc) is 3.36. The smallest absolute Gasteiger partial charge is 0.254 e. The lowest BCUT2D eigenvalue weighted by Gasteiger charge is -2.37. The lowest BCUT2D eigenvalue weighted by Crippen LogP contribution is -2.49. The number of benzene rings is 2. The van der Waals surface area contributed by atoms with Gasteiger partial charge in [-0.3, -0.25) is 9.59 Å². The molecule has 0 saturated heterocycles. The Hall–Kier alpha value is -3.03. The number of hydrogen-bond donors (Lipinski definition) is 0. The van der Waals surface area contributed by atoms with E-state index < -0.39 is 0 Å². The third-order valence-electron chi connectivity index (χ3n) is 6.46. The van der Waals surface area contributed by atoms with Crippen molar-refractivity contribution >= 4 is 34.8 Å². The van der Waals surface area contributed by atoms with Gasteiger partial charge < -0.3 is 19.3 Å². The van der Waals surface area contributed by atoms with Crippen molar-refractivity contribution in [2.45, 2.75) is 39.3 Å². The van der Waals surface area contributed by atoms with E-state index in [0.717, 1.165) is 17.5 Å². The molecule has 4 rings (SSSR count). The van der Waals surface area contributed by atoms with Crippen molar-refractivity contribution < 1.29 is 19.1 Å². The number of amides is 2. The molecule has 0 bridgehead atoms. The van der Waals surface area contributed by atoms with E-state index in [1.807, 2.05) is 43.9 Å². The highest BCUT2D eigenvalue weighted by atomic mass is 35.5. The van der Waals surface area contributed by atoms with Gasteiger partial charge in [0.15, 0.2) is 0 Å². The molecule has 8 heteroatoms. The first kappa shape index (κ1) is 26.0. The summed E-state index contributed by atoms with van der Waals surface area (Å²) >= 11 is 7.87. The van der Waals surface area contributed by atoms with E-state index in [9.17, 15) is 9.59 Å². The minimum atomic E-state index is -0.232. The number of carbonyl (C=O) groups excluding carboxylic acids is 2. The summed E-state index contributed by atoms with van der Waals surface area (Å²) in [6.45, 7) is 6.66. The summed E-state index contributed by atoms with van der Waals surface area (Å²) in [5.41, 5.74) is 2.54. The maximum atomic E-state index is 13.7. The van der Waals surface area contributed by atoms with Crippen LogP contribution in [0.15, 0.2) is 53.9 Å². The summed E-state index contributed by atoms with van der Waals surface area (Å²) in [5, 5.41) is 2.75. The molecule has 0 spiro atoms. The third-order valence-corrected chi connectivity index (χ3v) is 7.88. The molecule has 2 heterocycles. The molecular formula is C28H31ClN2O4S. The van der Waals surface area contributed by atoms with E-state index in [1.165, 1.54) is 4.88 Å². The van der Waals surface area contributed by atoms with Gasteiger partial charge in [-0.2, -0.15) is 0 Å². The summed E-state index contributed by atoms with van der Waals surface area (Å²) in [6, 6.07) is 14.3. The van der Waals surface area contributed by atoms with Crippen LogP contribution in [0.1, 0.15) is 46.3 Å². The lowest BCUT2D eigenvalue weighted by molar-refractivity contribution is -0.136. The number of aryl methyl sites for hydroxylation is 1. The monoisotopic (exact) mass is 526 g/mol. The van der Waals surface area contributed by atoms with Crippen LogP contribution in [0.5, 0.6) is 11.5 Å². The molecule has 1 aromatic heterocycles. The Morgan fingerprint density at radius 2 is 1.97 bits per heavy atom. The second-order valence-electron chi connectivity index (χ2n) is 9.13. The van der Waals surface area contributed by atoms with Crippen molar-refractivity contribution in [2.24, 2.45) is 0 Å². The first-order valence-corrected chi connectivity index (χ1v) is 13.2. The molecular weight excluding hydrogens is 496 g/mol. The number of thiophene rings is 1. The van der Waals surface area contributed by atoms with E-state index in [1.54, 1.807) is 47.6 Å². The van der Waals surface area contributed by atoms with Gasteiger partial charge in [0, 0.05) is 28.0 Å². The fourth-order valence-electron chi connectivity index (χ4n) is 4.40. The minimum absolute atomic E-state index is 0.0102. The number of hydrogen-bond acceptors (Lipinski definition) is 5. The van der Waals surface area contributed by atoms with Crippen molar-refractivity contribution in [1.82, 2.24) is 9.80 Å². The van der Waals surface area contributed by atoms with Gasteiger partial charge in [-0.05, 0) is 86.2 Å². The van der Waals surface area contributed by atoms with Gasteiger partial charge >= 0.3 is 0 Å². The minimum Gasteiger partial charge on any atom is -0.497 e. The molecule has 2 aromatic carbocycles. The normalized spacial score (nSPS) is 14.9. The molecule has 190 valence electrons. The molecule has 1 aliphatic rings. The highest BCUT2D eigenvalue weighted by Crippen LogP contribution is 2.34. The maximum absolute atomic E-state index is 13.7. The lowest BCUT2D eigenvalue weighted by atomic mass is 10.00. The van der Waals surface area contributed by atoms with Crippen LogP contribution in [0.4, 0.5) is 0 Å². The SMILES string of the molecule is COc1cccc(C(=O)N(CC(=O)N2CCc3sccc3[C@H]2COc2ccc(Cl)c(C)c2)C(C)C)c1. The highest BCUT2D eigenvalue weighted by molar-refractivity contribution is 7.10. The average molecular weight is 527 g/mol. The summed E-state index contributed by atoms with van der Waals surface area (Å²) in [5.74, 6) is 1.02. The molecule has 1 aliphatic heterocycles.